The second-order valence-corrected chi connectivity index (χ2v) is 10.7. The molecule has 0 bridgehead atoms. The quantitative estimate of drug-likeness (QED) is 0.506. The van der Waals surface area contributed by atoms with Crippen LogP contribution in [-0.4, -0.2) is 36.9 Å². The van der Waals surface area contributed by atoms with Crippen LogP contribution in [0.2, 0.25) is 5.02 Å². The predicted octanol–water partition coefficient (Wildman–Crippen LogP) is 5.15. The topological polar surface area (TPSA) is 92.5 Å². The maximum Gasteiger partial charge on any atom is 0.248 e. The molecule has 0 spiro atoms. The molecule has 1 aromatic heterocycles. The molecule has 1 N–H and O–H groups in total. The van der Waals surface area contributed by atoms with E-state index in [2.05, 4.69) is 10.5 Å². The second-order valence-electron chi connectivity index (χ2n) is 8.38. The molecule has 1 fully saturated rings. The van der Waals surface area contributed by atoms with Gasteiger partial charge in [-0.2, -0.15) is 4.31 Å². The van der Waals surface area contributed by atoms with Gasteiger partial charge in [0.15, 0.2) is 10.7 Å². The number of carbonyl (C=O) groups is 1. The Morgan fingerprint density at radius 1 is 1.12 bits per heavy atom. The van der Waals surface area contributed by atoms with Crippen LogP contribution in [-0.2, 0) is 14.8 Å². The van der Waals surface area contributed by atoms with Crippen molar-refractivity contribution < 1.29 is 17.7 Å². The maximum atomic E-state index is 13.4. The average Bonchev–Trinajstić information content (AvgIpc) is 3.20. The summed E-state index contributed by atoms with van der Waals surface area (Å²) in [6, 6.07) is 14.8. The summed E-state index contributed by atoms with van der Waals surface area (Å²) in [7, 11) is -3.83. The molecule has 1 aliphatic heterocycles. The van der Waals surface area contributed by atoms with E-state index in [1.54, 1.807) is 43.3 Å². The van der Waals surface area contributed by atoms with Crippen LogP contribution in [0, 0.1) is 19.8 Å². The van der Waals surface area contributed by atoms with Crippen LogP contribution in [0.5, 0.6) is 0 Å². The molecule has 3 aromatic rings. The monoisotopic (exact) mass is 499 g/mol. The number of nitrogens with one attached hydrogen (secondary N) is 1. The van der Waals surface area contributed by atoms with E-state index in [4.69, 9.17) is 16.1 Å². The Bertz CT molecular complexity index is 1310. The lowest BCUT2D eigenvalue weighted by Crippen LogP contribution is -2.41. The lowest BCUT2D eigenvalue weighted by atomic mass is 9.97. The summed E-state index contributed by atoms with van der Waals surface area (Å²) in [6.45, 7) is 4.09. The second kappa shape index (κ2) is 10.1. The van der Waals surface area contributed by atoms with Gasteiger partial charge in [0.2, 0.25) is 15.9 Å². The van der Waals surface area contributed by atoms with Crippen LogP contribution in [0.3, 0.4) is 0 Å². The molecular formula is C25H26ClN3O4S. The Kier molecular flexibility index (Phi) is 7.21. The Balaban J connectivity index is 1.45. The van der Waals surface area contributed by atoms with Gasteiger partial charge in [-0.25, -0.2) is 8.42 Å². The molecule has 1 aliphatic rings. The molecule has 178 valence electrons. The van der Waals surface area contributed by atoms with Crippen LogP contribution in [0.1, 0.15) is 35.4 Å². The van der Waals surface area contributed by atoms with E-state index in [0.717, 1.165) is 11.1 Å². The van der Waals surface area contributed by atoms with Gasteiger partial charge in [0.25, 0.3) is 0 Å². The number of anilines is 1. The zero-order chi connectivity index (χ0) is 24.3. The first-order valence-corrected chi connectivity index (χ1v) is 12.8. The molecule has 2 aromatic carbocycles. The molecule has 0 atom stereocenters. The molecule has 0 unspecified atom stereocenters. The van der Waals surface area contributed by atoms with Crippen molar-refractivity contribution in [1.29, 1.82) is 0 Å². The number of aryl methyl sites for hydroxylation is 2. The minimum Gasteiger partial charge on any atom is -0.355 e. The number of amides is 1. The van der Waals surface area contributed by atoms with E-state index in [9.17, 15) is 13.2 Å². The number of hydrogen-bond acceptors (Lipinski definition) is 5. The molecule has 9 heteroatoms. The number of aromatic nitrogens is 1. The highest BCUT2D eigenvalue weighted by atomic mass is 35.5. The summed E-state index contributed by atoms with van der Waals surface area (Å²) in [5, 5.41) is 7.29. The van der Waals surface area contributed by atoms with Gasteiger partial charge < -0.3 is 9.84 Å². The van der Waals surface area contributed by atoms with E-state index in [1.165, 1.54) is 4.31 Å². The van der Waals surface area contributed by atoms with Crippen molar-refractivity contribution in [3.05, 3.63) is 76.1 Å². The van der Waals surface area contributed by atoms with Crippen molar-refractivity contribution in [3.63, 3.8) is 0 Å². The first kappa shape index (κ1) is 24.2. The number of halogens is 1. The van der Waals surface area contributed by atoms with Gasteiger partial charge in [-0.15, -0.1) is 0 Å². The summed E-state index contributed by atoms with van der Waals surface area (Å²) in [4.78, 5) is 12.7. The third-order valence-electron chi connectivity index (χ3n) is 5.85. The first-order valence-electron chi connectivity index (χ1n) is 11.0. The molecule has 4 rings (SSSR count). The standard InChI is InChI=1S/C25H26ClN3O4S/c1-17-6-8-19(9-7-17)10-11-23-24(18(2)28-33-23)34(31,32)29-14-12-20(13-15-29)25(30)27-22-5-3-4-21(26)16-22/h3-11,16,20H,12-15H2,1-2H3,(H,27,30). The SMILES string of the molecule is Cc1ccc(C=Cc2onc(C)c2S(=O)(=O)N2CCC(C(=O)Nc3cccc(Cl)c3)CC2)cc1. The van der Waals surface area contributed by atoms with Crippen molar-refractivity contribution >= 4 is 45.4 Å². The smallest absolute Gasteiger partial charge is 0.248 e. The van der Waals surface area contributed by atoms with E-state index in [-0.39, 0.29) is 35.6 Å². The summed E-state index contributed by atoms with van der Waals surface area (Å²) >= 11 is 5.98. The average molecular weight is 500 g/mol. The fourth-order valence-corrected chi connectivity index (χ4v) is 5.86. The highest BCUT2D eigenvalue weighted by Gasteiger charge is 2.35. The van der Waals surface area contributed by atoms with E-state index in [0.29, 0.717) is 29.2 Å². The highest BCUT2D eigenvalue weighted by molar-refractivity contribution is 7.89. The predicted molar refractivity (Wildman–Crippen MR) is 133 cm³/mol. The number of nitrogens with zero attached hydrogens (tertiary/aromatic N) is 2. The molecule has 1 saturated heterocycles. The highest BCUT2D eigenvalue weighted by Crippen LogP contribution is 2.30. The van der Waals surface area contributed by atoms with Crippen molar-refractivity contribution in [2.24, 2.45) is 5.92 Å². The van der Waals surface area contributed by atoms with Crippen LogP contribution in [0.4, 0.5) is 5.69 Å². The van der Waals surface area contributed by atoms with Gasteiger partial charge in [-0.1, -0.05) is 58.7 Å². The van der Waals surface area contributed by atoms with E-state index >= 15 is 0 Å². The molecule has 0 saturated carbocycles. The Labute approximate surface area is 204 Å². The molecule has 1 amide bonds. The summed E-state index contributed by atoms with van der Waals surface area (Å²) in [5.74, 6) is -0.226. The minimum atomic E-state index is -3.83. The zero-order valence-corrected chi connectivity index (χ0v) is 20.6. The van der Waals surface area contributed by atoms with Crippen molar-refractivity contribution in [1.82, 2.24) is 9.46 Å². The maximum absolute atomic E-state index is 13.4. The van der Waals surface area contributed by atoms with Gasteiger partial charge in [-0.3, -0.25) is 4.79 Å². The van der Waals surface area contributed by atoms with Gasteiger partial charge >= 0.3 is 0 Å². The summed E-state index contributed by atoms with van der Waals surface area (Å²) in [6.07, 6.45) is 4.27. The van der Waals surface area contributed by atoms with E-state index < -0.39 is 10.0 Å². The molecular weight excluding hydrogens is 474 g/mol. The minimum absolute atomic E-state index is 0.0673. The number of hydrogen-bond donors (Lipinski definition) is 1. The summed E-state index contributed by atoms with van der Waals surface area (Å²) < 4.78 is 33.6. The Morgan fingerprint density at radius 3 is 2.50 bits per heavy atom. The van der Waals surface area contributed by atoms with Crippen molar-refractivity contribution in [2.75, 3.05) is 18.4 Å². The van der Waals surface area contributed by atoms with Crippen molar-refractivity contribution in [2.45, 2.75) is 31.6 Å². The Hall–Kier alpha value is -2.94. The van der Waals surface area contributed by atoms with Gasteiger partial charge in [0, 0.05) is 29.7 Å². The lowest BCUT2D eigenvalue weighted by Gasteiger charge is -2.30. The van der Waals surface area contributed by atoms with Crippen molar-refractivity contribution in [3.8, 4) is 0 Å². The van der Waals surface area contributed by atoms with Crippen LogP contribution >= 0.6 is 11.6 Å². The normalized spacial score (nSPS) is 15.6. The number of rotatable bonds is 6. The number of benzene rings is 2. The largest absolute Gasteiger partial charge is 0.355 e. The number of piperidine rings is 1. The molecule has 7 nitrogen and oxygen atoms in total. The van der Waals surface area contributed by atoms with Gasteiger partial charge in [0.05, 0.1) is 0 Å². The number of sulfonamides is 1. The lowest BCUT2D eigenvalue weighted by molar-refractivity contribution is -0.120. The number of carbonyl (C=O) groups excluding carboxylic acids is 1. The fourth-order valence-electron chi connectivity index (χ4n) is 3.95. The fraction of sp³-hybridized carbons (Fsp3) is 0.280. The zero-order valence-electron chi connectivity index (χ0n) is 19.0. The van der Waals surface area contributed by atoms with Crippen LogP contribution < -0.4 is 5.32 Å². The Morgan fingerprint density at radius 2 is 1.82 bits per heavy atom. The molecule has 2 heterocycles. The summed E-state index contributed by atoms with van der Waals surface area (Å²) in [5.41, 5.74) is 3.00. The van der Waals surface area contributed by atoms with Crippen LogP contribution in [0.15, 0.2) is 57.9 Å². The van der Waals surface area contributed by atoms with E-state index in [1.807, 2.05) is 31.2 Å². The molecule has 0 aliphatic carbocycles. The van der Waals surface area contributed by atoms with Gasteiger partial charge in [-0.05, 0) is 56.5 Å². The first-order chi connectivity index (χ1) is 16.2. The third kappa shape index (κ3) is 5.41. The van der Waals surface area contributed by atoms with Crippen LogP contribution in [0.25, 0.3) is 12.2 Å². The third-order valence-corrected chi connectivity index (χ3v) is 8.15. The van der Waals surface area contributed by atoms with Gasteiger partial charge in [0.1, 0.15) is 5.69 Å². The molecule has 0 radical (unpaired) electrons. The molecule has 34 heavy (non-hydrogen) atoms.